The first-order valence-electron chi connectivity index (χ1n) is 11.1. The van der Waals surface area contributed by atoms with Crippen LogP contribution in [0.15, 0.2) is 56.3 Å². The Bertz CT molecular complexity index is 1450. The summed E-state index contributed by atoms with van der Waals surface area (Å²) in [6.07, 6.45) is 3.14. The molecule has 0 saturated heterocycles. The van der Waals surface area contributed by atoms with Gasteiger partial charge in [-0.25, -0.2) is 9.79 Å². The summed E-state index contributed by atoms with van der Waals surface area (Å²) < 4.78 is 24.2. The van der Waals surface area contributed by atoms with Gasteiger partial charge >= 0.3 is 5.97 Å². The molecule has 1 aliphatic rings. The van der Waals surface area contributed by atoms with Crippen LogP contribution in [0.5, 0.6) is 11.5 Å². The summed E-state index contributed by atoms with van der Waals surface area (Å²) in [7, 11) is 5.05. The molecule has 0 aliphatic carbocycles. The van der Waals surface area contributed by atoms with Gasteiger partial charge < -0.3 is 23.5 Å². The number of nitrogens with zero attached hydrogens (tertiary/aromatic N) is 3. The lowest BCUT2D eigenvalue weighted by Gasteiger charge is -2.23. The van der Waals surface area contributed by atoms with Crippen molar-refractivity contribution in [1.29, 1.82) is 0 Å². The molecule has 0 amide bonds. The Labute approximate surface area is 206 Å². The van der Waals surface area contributed by atoms with Crippen molar-refractivity contribution in [3.63, 3.8) is 0 Å². The second-order valence-electron chi connectivity index (χ2n) is 7.82. The number of furan rings is 1. The zero-order valence-corrected chi connectivity index (χ0v) is 21.0. The Morgan fingerprint density at radius 1 is 1.17 bits per heavy atom. The number of fused-ring (bicyclic) bond motifs is 1. The Morgan fingerprint density at radius 2 is 1.91 bits per heavy atom. The van der Waals surface area contributed by atoms with Crippen LogP contribution in [-0.2, 0) is 9.53 Å². The SMILES string of the molecule is CCOc1ccc([C@@H]2C(C(=O)OC)=CN=c3s/c(=C\c4ccc(N(C)C)o4)c(=O)n32)cc1OCC. The molecular formula is C25H27N3O6S. The average molecular weight is 498 g/mol. The van der Waals surface area contributed by atoms with Crippen LogP contribution in [0.4, 0.5) is 5.88 Å². The summed E-state index contributed by atoms with van der Waals surface area (Å²) in [4.78, 5) is 32.9. The minimum Gasteiger partial charge on any atom is -0.490 e. The highest BCUT2D eigenvalue weighted by Gasteiger charge is 2.31. The molecule has 3 heterocycles. The maximum Gasteiger partial charge on any atom is 0.337 e. The number of methoxy groups -OCH3 is 1. The van der Waals surface area contributed by atoms with E-state index in [0.29, 0.717) is 51.3 Å². The molecule has 1 aliphatic heterocycles. The third kappa shape index (κ3) is 4.74. The Balaban J connectivity index is 1.88. The number of hydrogen-bond acceptors (Lipinski definition) is 9. The molecule has 9 nitrogen and oxygen atoms in total. The number of thiazole rings is 1. The molecule has 0 bridgehead atoms. The molecule has 0 saturated carbocycles. The van der Waals surface area contributed by atoms with Crippen LogP contribution in [0.25, 0.3) is 6.08 Å². The maximum absolute atomic E-state index is 13.6. The molecule has 0 fully saturated rings. The van der Waals surface area contributed by atoms with Gasteiger partial charge in [0.15, 0.2) is 22.2 Å². The predicted molar refractivity (Wildman–Crippen MR) is 133 cm³/mol. The number of esters is 1. The number of ether oxygens (including phenoxy) is 3. The van der Waals surface area contributed by atoms with Crippen LogP contribution in [0.1, 0.15) is 31.2 Å². The summed E-state index contributed by atoms with van der Waals surface area (Å²) in [5, 5.41) is 0. The van der Waals surface area contributed by atoms with E-state index in [4.69, 9.17) is 18.6 Å². The predicted octanol–water partition coefficient (Wildman–Crippen LogP) is 2.47. The summed E-state index contributed by atoms with van der Waals surface area (Å²) in [6, 6.07) is 8.26. The first-order chi connectivity index (χ1) is 16.9. The Kier molecular flexibility index (Phi) is 7.11. The van der Waals surface area contributed by atoms with E-state index >= 15 is 0 Å². The van der Waals surface area contributed by atoms with E-state index in [2.05, 4.69) is 4.99 Å². The lowest BCUT2D eigenvalue weighted by atomic mass is 9.97. The third-order valence-electron chi connectivity index (χ3n) is 5.33. The van der Waals surface area contributed by atoms with Crippen molar-refractivity contribution < 1.29 is 23.4 Å². The van der Waals surface area contributed by atoms with Gasteiger partial charge in [0.05, 0.1) is 36.5 Å². The van der Waals surface area contributed by atoms with Gasteiger partial charge in [-0.15, -0.1) is 0 Å². The fourth-order valence-corrected chi connectivity index (χ4v) is 4.73. The average Bonchev–Trinajstić information content (AvgIpc) is 3.44. The van der Waals surface area contributed by atoms with Gasteiger partial charge in [0.1, 0.15) is 5.76 Å². The first kappa shape index (κ1) is 24.3. The molecule has 184 valence electrons. The third-order valence-corrected chi connectivity index (χ3v) is 6.33. The standard InChI is InChI=1S/C25H27N3O6S/c1-6-32-18-10-8-15(12-19(18)33-7-2)22-17(24(30)31-5)14-26-25-28(22)23(29)20(35-25)13-16-9-11-21(34-16)27(3)4/h8-14,22H,6-7H2,1-5H3/b20-13-/t22-/m1/s1. The molecule has 10 heteroatoms. The highest BCUT2D eigenvalue weighted by molar-refractivity contribution is 7.07. The van der Waals surface area contributed by atoms with Crippen LogP contribution in [0, 0.1) is 0 Å². The monoisotopic (exact) mass is 497 g/mol. The maximum atomic E-state index is 13.6. The molecule has 0 radical (unpaired) electrons. The van der Waals surface area contributed by atoms with Gasteiger partial charge in [-0.1, -0.05) is 17.4 Å². The lowest BCUT2D eigenvalue weighted by molar-refractivity contribution is -0.136. The van der Waals surface area contributed by atoms with Crippen LogP contribution >= 0.6 is 11.3 Å². The summed E-state index contributed by atoms with van der Waals surface area (Å²) in [5.74, 6) is 1.77. The largest absolute Gasteiger partial charge is 0.490 e. The van der Waals surface area contributed by atoms with Crippen molar-refractivity contribution in [2.75, 3.05) is 39.3 Å². The Hall–Kier alpha value is -3.79. The number of anilines is 1. The minimum atomic E-state index is -0.746. The van der Waals surface area contributed by atoms with E-state index in [1.54, 1.807) is 24.3 Å². The quantitative estimate of drug-likeness (QED) is 0.441. The van der Waals surface area contributed by atoms with Gasteiger partial charge in [-0.3, -0.25) is 9.36 Å². The zero-order valence-electron chi connectivity index (χ0n) is 20.2. The lowest BCUT2D eigenvalue weighted by Crippen LogP contribution is -2.39. The van der Waals surface area contributed by atoms with Crippen molar-refractivity contribution >= 4 is 29.3 Å². The van der Waals surface area contributed by atoms with E-state index < -0.39 is 12.0 Å². The van der Waals surface area contributed by atoms with Crippen LogP contribution < -0.4 is 29.3 Å². The number of carbonyl (C=O) groups is 1. The van der Waals surface area contributed by atoms with E-state index in [0.717, 1.165) is 0 Å². The summed E-state index contributed by atoms with van der Waals surface area (Å²) in [6.45, 7) is 4.68. The van der Waals surface area contributed by atoms with Gasteiger partial charge in [-0.05, 0) is 37.6 Å². The van der Waals surface area contributed by atoms with Crippen LogP contribution in [-0.4, -0.2) is 45.0 Å². The van der Waals surface area contributed by atoms with Crippen molar-refractivity contribution in [2.45, 2.75) is 19.9 Å². The number of benzene rings is 1. The minimum absolute atomic E-state index is 0.242. The Morgan fingerprint density at radius 3 is 2.57 bits per heavy atom. The summed E-state index contributed by atoms with van der Waals surface area (Å²) in [5.41, 5.74) is 0.623. The van der Waals surface area contributed by atoms with Crippen molar-refractivity contribution in [1.82, 2.24) is 4.57 Å². The molecule has 3 aromatic rings. The van der Waals surface area contributed by atoms with Gasteiger partial charge in [0.2, 0.25) is 0 Å². The molecule has 0 unspecified atom stereocenters. The van der Waals surface area contributed by atoms with Gasteiger partial charge in [0.25, 0.3) is 5.56 Å². The molecule has 0 spiro atoms. The van der Waals surface area contributed by atoms with Crippen molar-refractivity contribution in [3.05, 3.63) is 73.1 Å². The molecule has 1 aromatic carbocycles. The number of hydrogen-bond donors (Lipinski definition) is 0. The number of carbonyl (C=O) groups excluding carboxylic acids is 1. The summed E-state index contributed by atoms with van der Waals surface area (Å²) >= 11 is 1.22. The van der Waals surface area contributed by atoms with Crippen molar-refractivity contribution in [3.8, 4) is 11.5 Å². The highest BCUT2D eigenvalue weighted by Crippen LogP contribution is 2.35. The molecule has 35 heavy (non-hydrogen) atoms. The van der Waals surface area contributed by atoms with Crippen LogP contribution in [0.3, 0.4) is 0 Å². The zero-order chi connectivity index (χ0) is 25.1. The topological polar surface area (TPSA) is 95.5 Å². The smallest absolute Gasteiger partial charge is 0.337 e. The molecule has 2 aromatic heterocycles. The van der Waals surface area contributed by atoms with E-state index in [-0.39, 0.29) is 11.1 Å². The van der Waals surface area contributed by atoms with E-state index in [9.17, 15) is 9.59 Å². The van der Waals surface area contributed by atoms with Crippen LogP contribution in [0.2, 0.25) is 0 Å². The van der Waals surface area contributed by atoms with Crippen molar-refractivity contribution in [2.24, 2.45) is 4.99 Å². The fourth-order valence-electron chi connectivity index (χ4n) is 3.78. The second kappa shape index (κ2) is 10.2. The first-order valence-corrected chi connectivity index (χ1v) is 12.0. The number of aromatic nitrogens is 1. The fraction of sp³-hybridized carbons (Fsp3) is 0.320. The van der Waals surface area contributed by atoms with E-state index in [1.165, 1.54) is 29.2 Å². The highest BCUT2D eigenvalue weighted by atomic mass is 32.1. The normalized spacial score (nSPS) is 15.2. The molecule has 1 atom stereocenters. The molecular weight excluding hydrogens is 470 g/mol. The number of rotatable bonds is 8. The molecule has 0 N–H and O–H groups in total. The van der Waals surface area contributed by atoms with Gasteiger partial charge in [-0.2, -0.15) is 0 Å². The van der Waals surface area contributed by atoms with Gasteiger partial charge in [0, 0.05) is 32.4 Å². The molecule has 4 rings (SSSR count). The second-order valence-corrected chi connectivity index (χ2v) is 8.83. The van der Waals surface area contributed by atoms with E-state index in [1.807, 2.05) is 45.0 Å².